The number of hydrogen-bond acceptors (Lipinski definition) is 6. The minimum atomic E-state index is -1.22. The average Bonchev–Trinajstić information content (AvgIpc) is 3.27. The van der Waals surface area contributed by atoms with Gasteiger partial charge in [0.05, 0.1) is 37.1 Å². The smallest absolute Gasteiger partial charge is 0.161 e. The Bertz CT molecular complexity index is 948. The van der Waals surface area contributed by atoms with Gasteiger partial charge in [-0.1, -0.05) is 6.58 Å². The molecule has 3 aliphatic heterocycles. The van der Waals surface area contributed by atoms with Gasteiger partial charge in [0.15, 0.2) is 11.6 Å². The van der Waals surface area contributed by atoms with Gasteiger partial charge in [-0.15, -0.1) is 0 Å². The SMILES string of the molecule is C=CF.NC1CC(N2Cc3cn(SC4COC4)nc3C2)CO[C@@H]1c1cc(F)c(F)cc1F. The van der Waals surface area contributed by atoms with Crippen LogP contribution in [-0.4, -0.2) is 51.2 Å². The van der Waals surface area contributed by atoms with Crippen LogP contribution in [0.2, 0.25) is 0 Å². The number of benzene rings is 1. The van der Waals surface area contributed by atoms with Crippen LogP contribution in [0.4, 0.5) is 17.6 Å². The normalized spacial score (nSPS) is 25.6. The molecule has 5 rings (SSSR count). The summed E-state index contributed by atoms with van der Waals surface area (Å²) in [5.41, 5.74) is 8.43. The Morgan fingerprint density at radius 1 is 1.12 bits per heavy atom. The number of hydrogen-bond donors (Lipinski definition) is 1. The third kappa shape index (κ3) is 4.86. The number of halogens is 4. The molecule has 32 heavy (non-hydrogen) atoms. The van der Waals surface area contributed by atoms with E-state index >= 15 is 0 Å². The van der Waals surface area contributed by atoms with Crippen LogP contribution >= 0.6 is 11.9 Å². The van der Waals surface area contributed by atoms with Crippen LogP contribution in [0.25, 0.3) is 0 Å². The summed E-state index contributed by atoms with van der Waals surface area (Å²) in [6.45, 7) is 6.02. The summed E-state index contributed by atoms with van der Waals surface area (Å²) in [7, 11) is 0. The monoisotopic (exact) mass is 472 g/mol. The second-order valence-corrected chi connectivity index (χ2v) is 9.17. The Morgan fingerprint density at radius 3 is 2.47 bits per heavy atom. The van der Waals surface area contributed by atoms with Gasteiger partial charge in [0, 0.05) is 48.6 Å². The van der Waals surface area contributed by atoms with Crippen LogP contribution in [0.1, 0.15) is 29.3 Å². The second kappa shape index (κ2) is 9.92. The first kappa shape index (κ1) is 23.2. The quantitative estimate of drug-likeness (QED) is 0.543. The molecule has 4 heterocycles. The summed E-state index contributed by atoms with van der Waals surface area (Å²) in [4.78, 5) is 2.25. The maximum absolute atomic E-state index is 14.1. The molecular weight excluding hydrogens is 448 g/mol. The van der Waals surface area contributed by atoms with E-state index in [2.05, 4.69) is 22.8 Å². The lowest BCUT2D eigenvalue weighted by Gasteiger charge is -2.38. The van der Waals surface area contributed by atoms with Gasteiger partial charge in [-0.25, -0.2) is 21.6 Å². The molecule has 3 aliphatic rings. The van der Waals surface area contributed by atoms with Gasteiger partial charge in [-0.3, -0.25) is 4.90 Å². The molecule has 1 aromatic carbocycles. The zero-order valence-electron chi connectivity index (χ0n) is 17.2. The standard InChI is InChI=1S/C19H21F3N4O2S.C2H3F/c20-14-3-16(22)15(21)2-13(14)19-17(23)1-11(7-28-19)25-4-10-5-26(24-18(10)6-25)29-12-8-27-9-12;1-2-3/h2-3,5,11-12,17,19H,1,4,6-9,23H2;2H,1H2/t11?,17?,19-;/m1./s1. The highest BCUT2D eigenvalue weighted by molar-refractivity contribution is 7.98. The summed E-state index contributed by atoms with van der Waals surface area (Å²) in [5.74, 6) is -3.16. The Hall–Kier alpha value is -1.92. The van der Waals surface area contributed by atoms with E-state index < -0.39 is 29.6 Å². The molecule has 0 saturated carbocycles. The molecule has 174 valence electrons. The molecule has 0 radical (unpaired) electrons. The number of fused-ring (bicyclic) bond motifs is 1. The van der Waals surface area contributed by atoms with Gasteiger partial charge < -0.3 is 15.2 Å². The van der Waals surface area contributed by atoms with Crippen LogP contribution in [0, 0.1) is 17.5 Å². The fourth-order valence-corrected chi connectivity index (χ4v) is 5.02. The molecule has 2 aromatic rings. The summed E-state index contributed by atoms with van der Waals surface area (Å²) < 4.78 is 63.8. The maximum Gasteiger partial charge on any atom is 0.161 e. The van der Waals surface area contributed by atoms with E-state index in [1.807, 2.05) is 4.09 Å². The highest BCUT2D eigenvalue weighted by Gasteiger charge is 2.37. The molecule has 2 fully saturated rings. The first-order valence-electron chi connectivity index (χ1n) is 10.2. The van der Waals surface area contributed by atoms with E-state index in [-0.39, 0.29) is 17.9 Å². The largest absolute Gasteiger partial charge is 0.379 e. The Balaban J connectivity index is 0.000000775. The minimum Gasteiger partial charge on any atom is -0.379 e. The molecule has 3 atom stereocenters. The molecule has 11 heteroatoms. The fourth-order valence-electron chi connectivity index (χ4n) is 4.07. The second-order valence-electron chi connectivity index (χ2n) is 7.92. The number of rotatable bonds is 4. The van der Waals surface area contributed by atoms with Gasteiger partial charge in [-0.2, -0.15) is 5.10 Å². The lowest BCUT2D eigenvalue weighted by molar-refractivity contribution is -0.0533. The predicted octanol–water partition coefficient (Wildman–Crippen LogP) is 3.47. The molecule has 2 unspecified atom stereocenters. The highest BCUT2D eigenvalue weighted by atomic mass is 32.2. The van der Waals surface area contributed by atoms with Gasteiger partial charge in [0.1, 0.15) is 11.9 Å². The Kier molecular flexibility index (Phi) is 7.21. The van der Waals surface area contributed by atoms with Crippen molar-refractivity contribution in [2.45, 2.75) is 42.9 Å². The molecule has 6 nitrogen and oxygen atoms in total. The van der Waals surface area contributed by atoms with E-state index in [0.717, 1.165) is 31.5 Å². The zero-order valence-corrected chi connectivity index (χ0v) is 18.0. The van der Waals surface area contributed by atoms with Crippen molar-refractivity contribution in [2.75, 3.05) is 19.8 Å². The first-order valence-corrected chi connectivity index (χ1v) is 11.0. The van der Waals surface area contributed by atoms with Crippen molar-refractivity contribution in [1.82, 2.24) is 14.1 Å². The van der Waals surface area contributed by atoms with E-state index in [9.17, 15) is 17.6 Å². The maximum atomic E-state index is 14.1. The van der Waals surface area contributed by atoms with Crippen molar-refractivity contribution in [3.05, 3.63) is 65.5 Å². The minimum absolute atomic E-state index is 0.0344. The van der Waals surface area contributed by atoms with Crippen molar-refractivity contribution in [1.29, 1.82) is 0 Å². The molecule has 2 N–H and O–H groups in total. The Labute approximate surface area is 187 Å². The summed E-state index contributed by atoms with van der Waals surface area (Å²) >= 11 is 1.68. The third-order valence-electron chi connectivity index (χ3n) is 5.71. The van der Waals surface area contributed by atoms with Crippen LogP contribution in [0.15, 0.2) is 31.2 Å². The highest BCUT2D eigenvalue weighted by Crippen LogP contribution is 2.35. The van der Waals surface area contributed by atoms with Gasteiger partial charge in [0.2, 0.25) is 0 Å². The Morgan fingerprint density at radius 2 is 1.84 bits per heavy atom. The topological polar surface area (TPSA) is 65.5 Å². The third-order valence-corrected chi connectivity index (χ3v) is 6.68. The molecule has 0 aliphatic carbocycles. The first-order chi connectivity index (χ1) is 15.4. The number of ether oxygens (including phenoxy) is 2. The fraction of sp³-hybridized carbons (Fsp3) is 0.476. The number of nitrogens with two attached hydrogens (primary N) is 1. The van der Waals surface area contributed by atoms with Crippen molar-refractivity contribution in [3.63, 3.8) is 0 Å². The average molecular weight is 473 g/mol. The predicted molar refractivity (Wildman–Crippen MR) is 112 cm³/mol. The molecule has 0 amide bonds. The van der Waals surface area contributed by atoms with Crippen LogP contribution in [0.5, 0.6) is 0 Å². The molecule has 1 aromatic heterocycles. The van der Waals surface area contributed by atoms with Gasteiger partial charge in [-0.05, 0) is 24.4 Å². The van der Waals surface area contributed by atoms with Gasteiger partial charge in [0.25, 0.3) is 0 Å². The summed E-state index contributed by atoms with van der Waals surface area (Å²) in [6, 6.07) is 0.924. The van der Waals surface area contributed by atoms with Crippen LogP contribution < -0.4 is 5.73 Å². The molecule has 0 spiro atoms. The summed E-state index contributed by atoms with van der Waals surface area (Å²) in [5, 5.41) is 5.11. The zero-order chi connectivity index (χ0) is 22.8. The van der Waals surface area contributed by atoms with Crippen molar-refractivity contribution < 1.29 is 27.0 Å². The van der Waals surface area contributed by atoms with Crippen molar-refractivity contribution in [3.8, 4) is 0 Å². The molecular formula is C21H24F4N4O2S. The van der Waals surface area contributed by atoms with Crippen LogP contribution in [0.3, 0.4) is 0 Å². The number of nitrogens with zero attached hydrogens (tertiary/aromatic N) is 3. The van der Waals surface area contributed by atoms with Gasteiger partial charge >= 0.3 is 0 Å². The lowest BCUT2D eigenvalue weighted by Crippen LogP contribution is -2.47. The number of aromatic nitrogens is 2. The van der Waals surface area contributed by atoms with Crippen molar-refractivity contribution >= 4 is 11.9 Å². The van der Waals surface area contributed by atoms with Crippen LogP contribution in [-0.2, 0) is 22.6 Å². The molecule has 0 bridgehead atoms. The van der Waals surface area contributed by atoms with E-state index in [0.29, 0.717) is 30.9 Å². The van der Waals surface area contributed by atoms with Crippen molar-refractivity contribution in [2.24, 2.45) is 5.73 Å². The summed E-state index contributed by atoms with van der Waals surface area (Å²) in [6.07, 6.45) is 2.08. The molecule has 2 saturated heterocycles. The van der Waals surface area contributed by atoms with E-state index in [1.54, 1.807) is 11.9 Å². The van der Waals surface area contributed by atoms with E-state index in [4.69, 9.17) is 15.2 Å². The lowest BCUT2D eigenvalue weighted by atomic mass is 9.93. The van der Waals surface area contributed by atoms with E-state index in [1.165, 1.54) is 5.56 Å².